The zero-order valence-electron chi connectivity index (χ0n) is 19.7. The Bertz CT molecular complexity index is 861. The first-order chi connectivity index (χ1) is 14.6. The molecule has 0 spiro atoms. The van der Waals surface area contributed by atoms with Crippen molar-refractivity contribution in [3.05, 3.63) is 59.2 Å². The minimum absolute atomic E-state index is 0.144. The monoisotopic (exact) mass is 425 g/mol. The van der Waals surface area contributed by atoms with Crippen LogP contribution in [0.25, 0.3) is 0 Å². The number of amides is 1. The van der Waals surface area contributed by atoms with Crippen LogP contribution in [-0.4, -0.2) is 24.1 Å². The minimum Gasteiger partial charge on any atom is -0.479 e. The topological polar surface area (TPSA) is 64.6 Å². The highest BCUT2D eigenvalue weighted by atomic mass is 16.6. The summed E-state index contributed by atoms with van der Waals surface area (Å²) in [6, 6.07) is 12.9. The Morgan fingerprint density at radius 3 is 1.90 bits per heavy atom. The van der Waals surface area contributed by atoms with E-state index in [-0.39, 0.29) is 12.0 Å². The van der Waals surface area contributed by atoms with Gasteiger partial charge in [-0.05, 0) is 67.5 Å². The zero-order valence-corrected chi connectivity index (χ0v) is 19.7. The lowest BCUT2D eigenvalue weighted by molar-refractivity contribution is -0.155. The molecule has 0 saturated heterocycles. The van der Waals surface area contributed by atoms with Gasteiger partial charge < -0.3 is 14.8 Å². The molecule has 2 aromatic rings. The standard InChI is InChI=1S/C26H35NO4/c1-8-18(6)30-26(29)19(7)31-21-14-12-20(13-15-21)25(28)27-24-22(16(2)3)10-9-11-23(24)17(4)5/h9-19H,8H2,1-7H3,(H,27,28)/t18-,19+/m0/s1. The summed E-state index contributed by atoms with van der Waals surface area (Å²) < 4.78 is 11.0. The maximum absolute atomic E-state index is 12.9. The Balaban J connectivity index is 2.12. The average Bonchev–Trinajstić information content (AvgIpc) is 2.73. The van der Waals surface area contributed by atoms with Gasteiger partial charge in [0.1, 0.15) is 5.75 Å². The van der Waals surface area contributed by atoms with Crippen LogP contribution in [0.15, 0.2) is 42.5 Å². The van der Waals surface area contributed by atoms with Gasteiger partial charge in [0.05, 0.1) is 6.10 Å². The second-order valence-corrected chi connectivity index (χ2v) is 8.52. The molecule has 168 valence electrons. The van der Waals surface area contributed by atoms with E-state index in [1.165, 1.54) is 0 Å². The molecule has 1 N–H and O–H groups in total. The number of anilines is 1. The maximum atomic E-state index is 12.9. The fourth-order valence-corrected chi connectivity index (χ4v) is 3.20. The van der Waals surface area contributed by atoms with Crippen LogP contribution in [0.1, 0.15) is 88.2 Å². The van der Waals surface area contributed by atoms with Crippen LogP contribution in [0, 0.1) is 0 Å². The lowest BCUT2D eigenvalue weighted by Gasteiger charge is -2.20. The highest BCUT2D eigenvalue weighted by Crippen LogP contribution is 2.32. The van der Waals surface area contributed by atoms with Crippen LogP contribution in [0.2, 0.25) is 0 Å². The van der Waals surface area contributed by atoms with Crippen molar-refractivity contribution in [1.29, 1.82) is 0 Å². The Morgan fingerprint density at radius 2 is 1.42 bits per heavy atom. The number of carbonyl (C=O) groups is 2. The van der Waals surface area contributed by atoms with E-state index in [2.05, 4.69) is 45.1 Å². The number of hydrogen-bond acceptors (Lipinski definition) is 4. The Labute approximate surface area is 186 Å². The molecule has 0 fully saturated rings. The van der Waals surface area contributed by atoms with Crippen LogP contribution in [0.4, 0.5) is 5.69 Å². The van der Waals surface area contributed by atoms with Crippen molar-refractivity contribution < 1.29 is 19.1 Å². The highest BCUT2D eigenvalue weighted by molar-refractivity contribution is 6.05. The summed E-state index contributed by atoms with van der Waals surface area (Å²) in [6.45, 7) is 13.9. The fourth-order valence-electron chi connectivity index (χ4n) is 3.20. The maximum Gasteiger partial charge on any atom is 0.347 e. The van der Waals surface area contributed by atoms with Crippen LogP contribution in [0.3, 0.4) is 0 Å². The smallest absolute Gasteiger partial charge is 0.347 e. The molecule has 0 bridgehead atoms. The van der Waals surface area contributed by atoms with E-state index in [0.717, 1.165) is 23.2 Å². The van der Waals surface area contributed by atoms with Crippen LogP contribution in [-0.2, 0) is 9.53 Å². The van der Waals surface area contributed by atoms with Gasteiger partial charge in [0.25, 0.3) is 5.91 Å². The number of carbonyl (C=O) groups excluding carboxylic acids is 2. The summed E-state index contributed by atoms with van der Waals surface area (Å²) in [5, 5.41) is 3.11. The number of hydrogen-bond donors (Lipinski definition) is 1. The fraction of sp³-hybridized carbons (Fsp3) is 0.462. The molecule has 0 aliphatic rings. The first kappa shape index (κ1) is 24.4. The molecule has 0 saturated carbocycles. The quantitative estimate of drug-likeness (QED) is 0.479. The van der Waals surface area contributed by atoms with Crippen molar-refractivity contribution in [1.82, 2.24) is 0 Å². The Kier molecular flexibility index (Phi) is 8.66. The van der Waals surface area contributed by atoms with E-state index in [9.17, 15) is 9.59 Å². The van der Waals surface area contributed by atoms with Gasteiger partial charge in [-0.15, -0.1) is 0 Å². The summed E-state index contributed by atoms with van der Waals surface area (Å²) in [5.41, 5.74) is 3.65. The molecule has 0 aliphatic heterocycles. The van der Waals surface area contributed by atoms with Gasteiger partial charge in [-0.25, -0.2) is 4.79 Å². The molecule has 0 heterocycles. The Morgan fingerprint density at radius 1 is 0.871 bits per heavy atom. The molecule has 0 radical (unpaired) electrons. The van der Waals surface area contributed by atoms with Crippen LogP contribution < -0.4 is 10.1 Å². The predicted octanol–water partition coefficient (Wildman–Crippen LogP) is 6.29. The Hall–Kier alpha value is -2.82. The number of nitrogens with one attached hydrogen (secondary N) is 1. The normalized spacial score (nSPS) is 13.1. The van der Waals surface area contributed by atoms with Crippen molar-refractivity contribution in [3.63, 3.8) is 0 Å². The van der Waals surface area contributed by atoms with Gasteiger partial charge >= 0.3 is 5.97 Å². The molecule has 0 aliphatic carbocycles. The molecule has 0 unspecified atom stereocenters. The van der Waals surface area contributed by atoms with Gasteiger partial charge in [-0.1, -0.05) is 52.8 Å². The van der Waals surface area contributed by atoms with E-state index in [1.807, 2.05) is 19.9 Å². The van der Waals surface area contributed by atoms with E-state index in [1.54, 1.807) is 31.2 Å². The number of ether oxygens (including phenoxy) is 2. The van der Waals surface area contributed by atoms with Gasteiger partial charge in [0.15, 0.2) is 6.10 Å². The molecule has 0 aromatic heterocycles. The molecular formula is C26H35NO4. The van der Waals surface area contributed by atoms with Gasteiger partial charge in [0.2, 0.25) is 0 Å². The number of rotatable bonds is 9. The van der Waals surface area contributed by atoms with Crippen LogP contribution in [0.5, 0.6) is 5.75 Å². The lowest BCUT2D eigenvalue weighted by atomic mass is 9.92. The third kappa shape index (κ3) is 6.58. The second kappa shape index (κ2) is 11.0. The van der Waals surface area contributed by atoms with Crippen molar-refractivity contribution in [2.24, 2.45) is 0 Å². The van der Waals surface area contributed by atoms with Gasteiger partial charge in [0, 0.05) is 11.3 Å². The molecule has 5 heteroatoms. The third-order valence-corrected chi connectivity index (χ3v) is 5.27. The summed E-state index contributed by atoms with van der Waals surface area (Å²) in [5.74, 6) is 0.520. The third-order valence-electron chi connectivity index (χ3n) is 5.27. The van der Waals surface area contributed by atoms with Crippen molar-refractivity contribution in [2.75, 3.05) is 5.32 Å². The number of esters is 1. The van der Waals surface area contributed by atoms with E-state index in [0.29, 0.717) is 23.1 Å². The van der Waals surface area contributed by atoms with Gasteiger partial charge in [-0.2, -0.15) is 0 Å². The van der Waals surface area contributed by atoms with E-state index < -0.39 is 12.1 Å². The average molecular weight is 426 g/mol. The van der Waals surface area contributed by atoms with Crippen molar-refractivity contribution in [2.45, 2.75) is 78.9 Å². The largest absolute Gasteiger partial charge is 0.479 e. The predicted molar refractivity (Wildman–Crippen MR) is 125 cm³/mol. The first-order valence-corrected chi connectivity index (χ1v) is 11.0. The summed E-state index contributed by atoms with van der Waals surface area (Å²) in [7, 11) is 0. The van der Waals surface area contributed by atoms with Crippen LogP contribution >= 0.6 is 0 Å². The molecule has 31 heavy (non-hydrogen) atoms. The summed E-state index contributed by atoms with van der Waals surface area (Å²) >= 11 is 0. The molecule has 5 nitrogen and oxygen atoms in total. The van der Waals surface area contributed by atoms with Crippen molar-refractivity contribution in [3.8, 4) is 5.75 Å². The lowest BCUT2D eigenvalue weighted by Crippen LogP contribution is -2.29. The van der Waals surface area contributed by atoms with Crippen molar-refractivity contribution >= 4 is 17.6 Å². The highest BCUT2D eigenvalue weighted by Gasteiger charge is 2.19. The zero-order chi connectivity index (χ0) is 23.1. The molecule has 2 aromatic carbocycles. The SMILES string of the molecule is CC[C@H](C)OC(=O)[C@@H](C)Oc1ccc(C(=O)Nc2c(C(C)C)cccc2C(C)C)cc1. The minimum atomic E-state index is -0.722. The summed E-state index contributed by atoms with van der Waals surface area (Å²) in [6.07, 6.45) is -0.116. The molecule has 2 atom stereocenters. The van der Waals surface area contributed by atoms with Gasteiger partial charge in [-0.3, -0.25) is 4.79 Å². The second-order valence-electron chi connectivity index (χ2n) is 8.52. The number of benzene rings is 2. The molecule has 1 amide bonds. The molecule has 2 rings (SSSR count). The summed E-state index contributed by atoms with van der Waals surface area (Å²) in [4.78, 5) is 25.0. The first-order valence-electron chi connectivity index (χ1n) is 11.0. The molecular weight excluding hydrogens is 390 g/mol. The van der Waals surface area contributed by atoms with E-state index in [4.69, 9.17) is 9.47 Å². The van der Waals surface area contributed by atoms with E-state index >= 15 is 0 Å². The number of para-hydroxylation sites is 1.